The molecule has 1 amide bonds. The summed E-state index contributed by atoms with van der Waals surface area (Å²) in [5.41, 5.74) is 1.83. The first kappa shape index (κ1) is 26.0. The number of carbonyl (C=O) groups is 1. The maximum atomic E-state index is 12.9. The first-order valence-electron chi connectivity index (χ1n) is 11.0. The molecule has 37 heavy (non-hydrogen) atoms. The zero-order chi connectivity index (χ0) is 26.5. The number of nitrogens with one attached hydrogen (secondary N) is 1. The van der Waals surface area contributed by atoms with E-state index in [4.69, 9.17) is 32.4 Å². The topological polar surface area (TPSA) is 128 Å². The third kappa shape index (κ3) is 6.38. The van der Waals surface area contributed by atoms with Crippen LogP contribution in [-0.2, 0) is 17.6 Å². The number of halogens is 2. The van der Waals surface area contributed by atoms with E-state index in [9.17, 15) is 20.0 Å². The van der Waals surface area contributed by atoms with Crippen LogP contribution in [0.4, 0.5) is 5.69 Å². The van der Waals surface area contributed by atoms with Crippen LogP contribution in [0.15, 0.2) is 71.3 Å². The highest BCUT2D eigenvalue weighted by molar-refractivity contribution is 6.36. The maximum absolute atomic E-state index is 12.9. The Morgan fingerprint density at radius 2 is 1.86 bits per heavy atom. The van der Waals surface area contributed by atoms with Crippen LogP contribution in [0.25, 0.3) is 11.3 Å². The molecule has 0 fully saturated rings. The van der Waals surface area contributed by atoms with Gasteiger partial charge >= 0.3 is 5.69 Å². The van der Waals surface area contributed by atoms with Crippen molar-refractivity contribution >= 4 is 34.8 Å². The Hall–Kier alpha value is -4.08. The fraction of sp³-hybridized carbons (Fsp3) is 0.154. The number of oxazole rings is 1. The van der Waals surface area contributed by atoms with Gasteiger partial charge in [0.25, 0.3) is 0 Å². The Kier molecular flexibility index (Phi) is 7.95. The van der Waals surface area contributed by atoms with Crippen molar-refractivity contribution in [2.45, 2.75) is 18.9 Å². The number of nitro benzene ring substituents is 1. The standard InChI is InChI=1S/C26H21Cl2N3O6/c1-36-18-6-2-15(3-7-18)12-25(33)29-21(10-16-4-9-24(32)23(11-16)31(34)35)26-30-22(14-37-26)19-8-5-17(27)13-20(19)28/h2-9,11,13-14,21,32H,10,12H2,1H3,(H,29,33). The molecule has 1 atom stereocenters. The summed E-state index contributed by atoms with van der Waals surface area (Å²) in [6, 6.07) is 15.3. The summed E-state index contributed by atoms with van der Waals surface area (Å²) < 4.78 is 10.9. The second-order valence-electron chi connectivity index (χ2n) is 8.12. The smallest absolute Gasteiger partial charge is 0.310 e. The fourth-order valence-electron chi connectivity index (χ4n) is 3.72. The minimum absolute atomic E-state index is 0.0762. The number of nitro groups is 1. The molecule has 1 unspecified atom stereocenters. The SMILES string of the molecule is COc1ccc(CC(=O)NC(Cc2ccc(O)c([N+](=O)[O-])c2)c2nc(-c3ccc(Cl)cc3Cl)co2)cc1. The molecular weight excluding hydrogens is 521 g/mol. The summed E-state index contributed by atoms with van der Waals surface area (Å²) in [6.45, 7) is 0. The molecule has 0 aliphatic rings. The summed E-state index contributed by atoms with van der Waals surface area (Å²) in [6.07, 6.45) is 1.60. The Bertz CT molecular complexity index is 1440. The maximum Gasteiger partial charge on any atom is 0.310 e. The van der Waals surface area contributed by atoms with Gasteiger partial charge in [0.2, 0.25) is 11.8 Å². The van der Waals surface area contributed by atoms with Crippen LogP contribution in [0.1, 0.15) is 23.1 Å². The van der Waals surface area contributed by atoms with Gasteiger partial charge in [-0.05, 0) is 47.5 Å². The van der Waals surface area contributed by atoms with Gasteiger partial charge in [-0.25, -0.2) is 4.98 Å². The predicted octanol–water partition coefficient (Wildman–Crippen LogP) is 5.91. The number of hydrogen-bond donors (Lipinski definition) is 2. The van der Waals surface area contributed by atoms with Crippen molar-refractivity contribution in [2.24, 2.45) is 0 Å². The predicted molar refractivity (Wildman–Crippen MR) is 138 cm³/mol. The first-order valence-corrected chi connectivity index (χ1v) is 11.8. The van der Waals surface area contributed by atoms with Crippen LogP contribution in [-0.4, -0.2) is 28.0 Å². The molecule has 4 rings (SSSR count). The molecule has 0 aliphatic carbocycles. The van der Waals surface area contributed by atoms with Gasteiger partial charge in [0, 0.05) is 23.1 Å². The van der Waals surface area contributed by atoms with E-state index < -0.39 is 22.4 Å². The number of ether oxygens (including phenoxy) is 1. The van der Waals surface area contributed by atoms with E-state index >= 15 is 0 Å². The van der Waals surface area contributed by atoms with Crippen LogP contribution in [0.3, 0.4) is 0 Å². The van der Waals surface area contributed by atoms with Crippen molar-refractivity contribution in [1.29, 1.82) is 0 Å². The van der Waals surface area contributed by atoms with Gasteiger partial charge in [-0.2, -0.15) is 0 Å². The number of rotatable bonds is 9. The number of nitrogens with zero attached hydrogens (tertiary/aromatic N) is 2. The number of phenols is 1. The molecule has 190 valence electrons. The Balaban J connectivity index is 1.62. The average molecular weight is 542 g/mol. The van der Waals surface area contributed by atoms with Gasteiger partial charge < -0.3 is 19.6 Å². The molecule has 4 aromatic rings. The van der Waals surface area contributed by atoms with Crippen LogP contribution in [0.2, 0.25) is 10.0 Å². The summed E-state index contributed by atoms with van der Waals surface area (Å²) in [5.74, 6) is 0.0845. The number of aromatic hydroxyl groups is 1. The lowest BCUT2D eigenvalue weighted by atomic mass is 10.0. The monoisotopic (exact) mass is 541 g/mol. The zero-order valence-electron chi connectivity index (χ0n) is 19.5. The van der Waals surface area contributed by atoms with E-state index in [2.05, 4.69) is 10.3 Å². The van der Waals surface area contributed by atoms with Crippen molar-refractivity contribution < 1.29 is 24.0 Å². The van der Waals surface area contributed by atoms with E-state index in [-0.39, 0.29) is 24.6 Å². The number of aromatic nitrogens is 1. The van der Waals surface area contributed by atoms with Crippen molar-refractivity contribution in [3.05, 3.63) is 104 Å². The Morgan fingerprint density at radius 1 is 1.14 bits per heavy atom. The average Bonchev–Trinajstić information content (AvgIpc) is 3.35. The minimum Gasteiger partial charge on any atom is -0.502 e. The number of methoxy groups -OCH3 is 1. The van der Waals surface area contributed by atoms with E-state index in [0.717, 1.165) is 5.56 Å². The van der Waals surface area contributed by atoms with Gasteiger partial charge in [-0.1, -0.05) is 41.4 Å². The van der Waals surface area contributed by atoms with Crippen molar-refractivity contribution in [3.8, 4) is 22.8 Å². The van der Waals surface area contributed by atoms with Gasteiger partial charge in [0.05, 0.1) is 23.5 Å². The molecule has 0 saturated heterocycles. The molecule has 3 aromatic carbocycles. The van der Waals surface area contributed by atoms with Gasteiger partial charge in [0.1, 0.15) is 23.7 Å². The summed E-state index contributed by atoms with van der Waals surface area (Å²) >= 11 is 12.3. The number of carbonyl (C=O) groups excluding carboxylic acids is 1. The minimum atomic E-state index is -0.769. The first-order chi connectivity index (χ1) is 17.7. The zero-order valence-corrected chi connectivity index (χ0v) is 21.0. The summed E-state index contributed by atoms with van der Waals surface area (Å²) in [4.78, 5) is 28.1. The molecule has 1 aromatic heterocycles. The molecule has 11 heteroatoms. The van der Waals surface area contributed by atoms with Crippen molar-refractivity contribution in [2.75, 3.05) is 7.11 Å². The number of phenolic OH excluding ortho intramolecular Hbond substituents is 1. The normalized spacial score (nSPS) is 11.6. The quantitative estimate of drug-likeness (QED) is 0.199. The lowest BCUT2D eigenvalue weighted by Crippen LogP contribution is -2.31. The van der Waals surface area contributed by atoms with Crippen LogP contribution in [0.5, 0.6) is 11.5 Å². The van der Waals surface area contributed by atoms with E-state index in [1.807, 2.05) is 0 Å². The van der Waals surface area contributed by atoms with E-state index in [0.29, 0.717) is 32.6 Å². The Labute approximate surface area is 221 Å². The van der Waals surface area contributed by atoms with Gasteiger partial charge in [-0.3, -0.25) is 14.9 Å². The third-order valence-electron chi connectivity index (χ3n) is 5.56. The van der Waals surface area contributed by atoms with E-state index in [1.54, 1.807) is 49.6 Å². The fourth-order valence-corrected chi connectivity index (χ4v) is 4.23. The molecule has 0 radical (unpaired) electrons. The molecule has 0 saturated carbocycles. The molecular formula is C26H21Cl2N3O6. The van der Waals surface area contributed by atoms with Gasteiger partial charge in [-0.15, -0.1) is 0 Å². The molecule has 1 heterocycles. The lowest BCUT2D eigenvalue weighted by molar-refractivity contribution is -0.385. The Morgan fingerprint density at radius 3 is 2.54 bits per heavy atom. The number of hydrogen-bond acceptors (Lipinski definition) is 7. The van der Waals surface area contributed by atoms with Crippen LogP contribution in [0, 0.1) is 10.1 Å². The second-order valence-corrected chi connectivity index (χ2v) is 8.97. The van der Waals surface area contributed by atoms with Crippen molar-refractivity contribution in [1.82, 2.24) is 10.3 Å². The highest BCUT2D eigenvalue weighted by Crippen LogP contribution is 2.32. The highest BCUT2D eigenvalue weighted by atomic mass is 35.5. The molecule has 2 N–H and O–H groups in total. The lowest BCUT2D eigenvalue weighted by Gasteiger charge is -2.16. The molecule has 0 bridgehead atoms. The number of amides is 1. The molecule has 0 spiro atoms. The molecule has 0 aliphatic heterocycles. The second kappa shape index (κ2) is 11.3. The van der Waals surface area contributed by atoms with Crippen LogP contribution < -0.4 is 10.1 Å². The molecule has 9 nitrogen and oxygen atoms in total. The highest BCUT2D eigenvalue weighted by Gasteiger charge is 2.24. The van der Waals surface area contributed by atoms with Gasteiger partial charge in [0.15, 0.2) is 5.75 Å². The van der Waals surface area contributed by atoms with E-state index in [1.165, 1.54) is 24.5 Å². The summed E-state index contributed by atoms with van der Waals surface area (Å²) in [7, 11) is 1.56. The summed E-state index contributed by atoms with van der Waals surface area (Å²) in [5, 5.41) is 24.8. The van der Waals surface area contributed by atoms with Crippen LogP contribution >= 0.6 is 23.2 Å². The number of benzene rings is 3. The largest absolute Gasteiger partial charge is 0.502 e. The van der Waals surface area contributed by atoms with Crippen molar-refractivity contribution in [3.63, 3.8) is 0 Å². The third-order valence-corrected chi connectivity index (χ3v) is 6.11.